The van der Waals surface area contributed by atoms with Gasteiger partial charge in [0.2, 0.25) is 0 Å². The Hall–Kier alpha value is -2.43. The molecule has 19 heavy (non-hydrogen) atoms. The maximum absolute atomic E-state index is 12.8. The summed E-state index contributed by atoms with van der Waals surface area (Å²) < 4.78 is 12.8. The van der Waals surface area contributed by atoms with Crippen LogP contribution in [0.5, 0.6) is 0 Å². The minimum Gasteiger partial charge on any atom is -0.375 e. The van der Waals surface area contributed by atoms with E-state index in [1.54, 1.807) is 24.3 Å². The van der Waals surface area contributed by atoms with Gasteiger partial charge in [-0.05, 0) is 36.2 Å². The first-order chi connectivity index (χ1) is 9.06. The average molecular weight is 260 g/mol. The van der Waals surface area contributed by atoms with Crippen molar-refractivity contribution in [3.63, 3.8) is 0 Å². The smallest absolute Gasteiger partial charge is 0.292 e. The summed E-state index contributed by atoms with van der Waals surface area (Å²) in [5.41, 5.74) is 2.30. The SMILES string of the molecule is Cc1ccc([N+](=O)[O-])c(NCc2ccc(F)cc2)c1. The van der Waals surface area contributed by atoms with E-state index in [4.69, 9.17) is 0 Å². The summed E-state index contributed by atoms with van der Waals surface area (Å²) in [6.07, 6.45) is 0. The van der Waals surface area contributed by atoms with Gasteiger partial charge < -0.3 is 5.32 Å². The van der Waals surface area contributed by atoms with Gasteiger partial charge in [0.15, 0.2) is 0 Å². The number of anilines is 1. The van der Waals surface area contributed by atoms with Gasteiger partial charge in [-0.15, -0.1) is 0 Å². The van der Waals surface area contributed by atoms with Crippen LogP contribution in [0.4, 0.5) is 15.8 Å². The van der Waals surface area contributed by atoms with Gasteiger partial charge in [0, 0.05) is 12.6 Å². The highest BCUT2D eigenvalue weighted by Gasteiger charge is 2.12. The molecule has 0 aliphatic heterocycles. The van der Waals surface area contributed by atoms with E-state index in [0.717, 1.165) is 11.1 Å². The van der Waals surface area contributed by atoms with Gasteiger partial charge in [0.1, 0.15) is 11.5 Å². The molecule has 0 amide bonds. The van der Waals surface area contributed by atoms with E-state index in [1.165, 1.54) is 18.2 Å². The van der Waals surface area contributed by atoms with E-state index in [0.29, 0.717) is 12.2 Å². The number of rotatable bonds is 4. The quantitative estimate of drug-likeness (QED) is 0.674. The Balaban J connectivity index is 2.16. The Morgan fingerprint density at radius 3 is 2.53 bits per heavy atom. The Labute approximate surface area is 110 Å². The second kappa shape index (κ2) is 5.48. The number of nitrogens with zero attached hydrogens (tertiary/aromatic N) is 1. The van der Waals surface area contributed by atoms with Gasteiger partial charge in [0.25, 0.3) is 5.69 Å². The van der Waals surface area contributed by atoms with Crippen LogP contribution in [0.25, 0.3) is 0 Å². The zero-order chi connectivity index (χ0) is 13.8. The highest BCUT2D eigenvalue weighted by Crippen LogP contribution is 2.25. The summed E-state index contributed by atoms with van der Waals surface area (Å²) in [6, 6.07) is 10.9. The molecule has 0 heterocycles. The standard InChI is InChI=1S/C14H13FN2O2/c1-10-2-7-14(17(18)19)13(8-10)16-9-11-3-5-12(15)6-4-11/h2-8,16H,9H2,1H3. The van der Waals surface area contributed by atoms with Gasteiger partial charge in [0.05, 0.1) is 4.92 Å². The molecule has 0 fully saturated rings. The van der Waals surface area contributed by atoms with E-state index in [-0.39, 0.29) is 11.5 Å². The Kier molecular flexibility index (Phi) is 3.75. The van der Waals surface area contributed by atoms with Crippen LogP contribution in [-0.2, 0) is 6.54 Å². The lowest BCUT2D eigenvalue weighted by atomic mass is 10.1. The third-order valence-electron chi connectivity index (χ3n) is 2.74. The van der Waals surface area contributed by atoms with Crippen molar-refractivity contribution in [1.29, 1.82) is 0 Å². The molecule has 98 valence electrons. The zero-order valence-corrected chi connectivity index (χ0v) is 10.4. The molecule has 0 atom stereocenters. The maximum atomic E-state index is 12.8. The van der Waals surface area contributed by atoms with Gasteiger partial charge in [-0.25, -0.2) is 4.39 Å². The molecule has 0 radical (unpaired) electrons. The molecule has 0 bridgehead atoms. The van der Waals surface area contributed by atoms with Crippen molar-refractivity contribution in [3.05, 3.63) is 69.5 Å². The largest absolute Gasteiger partial charge is 0.375 e. The molecule has 2 aromatic rings. The van der Waals surface area contributed by atoms with Crippen LogP contribution in [0, 0.1) is 22.9 Å². The van der Waals surface area contributed by atoms with Crippen LogP contribution in [0.3, 0.4) is 0 Å². The van der Waals surface area contributed by atoms with Crippen LogP contribution in [0.15, 0.2) is 42.5 Å². The molecule has 0 unspecified atom stereocenters. The summed E-state index contributed by atoms with van der Waals surface area (Å²) in [4.78, 5) is 10.5. The van der Waals surface area contributed by atoms with Crippen LogP contribution in [0.1, 0.15) is 11.1 Å². The topological polar surface area (TPSA) is 55.2 Å². The molecule has 5 heteroatoms. The van der Waals surface area contributed by atoms with E-state index in [2.05, 4.69) is 5.32 Å². The molecule has 0 saturated heterocycles. The first kappa shape index (κ1) is 13.0. The molecule has 0 saturated carbocycles. The van der Waals surface area contributed by atoms with Crippen molar-refractivity contribution in [2.24, 2.45) is 0 Å². The number of nitro benzene ring substituents is 1. The zero-order valence-electron chi connectivity index (χ0n) is 10.4. The first-order valence-electron chi connectivity index (χ1n) is 5.79. The van der Waals surface area contributed by atoms with Gasteiger partial charge in [-0.2, -0.15) is 0 Å². The lowest BCUT2D eigenvalue weighted by Crippen LogP contribution is -2.03. The predicted molar refractivity (Wildman–Crippen MR) is 71.6 cm³/mol. The van der Waals surface area contributed by atoms with E-state index < -0.39 is 4.92 Å². The highest BCUT2D eigenvalue weighted by molar-refractivity contribution is 5.62. The Morgan fingerprint density at radius 2 is 1.89 bits per heavy atom. The van der Waals surface area contributed by atoms with Crippen molar-refractivity contribution in [2.45, 2.75) is 13.5 Å². The maximum Gasteiger partial charge on any atom is 0.292 e. The van der Waals surface area contributed by atoms with Crippen molar-refractivity contribution < 1.29 is 9.31 Å². The average Bonchev–Trinajstić information content (AvgIpc) is 2.38. The third-order valence-corrected chi connectivity index (χ3v) is 2.74. The number of nitrogens with one attached hydrogen (secondary N) is 1. The van der Waals surface area contributed by atoms with Crippen molar-refractivity contribution in [2.75, 3.05) is 5.32 Å². The van der Waals surface area contributed by atoms with Gasteiger partial charge in [-0.3, -0.25) is 10.1 Å². The summed E-state index contributed by atoms with van der Waals surface area (Å²) in [5, 5.41) is 13.9. The summed E-state index contributed by atoms with van der Waals surface area (Å²) in [6.45, 7) is 2.28. The molecule has 0 aliphatic rings. The number of hydrogen-bond donors (Lipinski definition) is 1. The number of benzene rings is 2. The van der Waals surface area contributed by atoms with Crippen LogP contribution in [0.2, 0.25) is 0 Å². The molecule has 0 spiro atoms. The minimum atomic E-state index is -0.424. The lowest BCUT2D eigenvalue weighted by Gasteiger charge is -2.08. The third kappa shape index (κ3) is 3.28. The predicted octanol–water partition coefficient (Wildman–Crippen LogP) is 3.65. The van der Waals surface area contributed by atoms with Crippen LogP contribution >= 0.6 is 0 Å². The fourth-order valence-electron chi connectivity index (χ4n) is 1.75. The fourth-order valence-corrected chi connectivity index (χ4v) is 1.75. The van der Waals surface area contributed by atoms with Gasteiger partial charge >= 0.3 is 0 Å². The molecular formula is C14H13FN2O2. The number of nitro groups is 1. The minimum absolute atomic E-state index is 0.0349. The van der Waals surface area contributed by atoms with Crippen LogP contribution in [-0.4, -0.2) is 4.92 Å². The second-order valence-electron chi connectivity index (χ2n) is 4.26. The summed E-state index contributed by atoms with van der Waals surface area (Å²) in [7, 11) is 0. The molecule has 2 rings (SSSR count). The Bertz CT molecular complexity index is 597. The Morgan fingerprint density at radius 1 is 1.21 bits per heavy atom. The van der Waals surface area contributed by atoms with E-state index in [9.17, 15) is 14.5 Å². The first-order valence-corrected chi connectivity index (χ1v) is 5.79. The fraction of sp³-hybridized carbons (Fsp3) is 0.143. The normalized spacial score (nSPS) is 10.2. The van der Waals surface area contributed by atoms with E-state index in [1.807, 2.05) is 6.92 Å². The van der Waals surface area contributed by atoms with E-state index >= 15 is 0 Å². The monoisotopic (exact) mass is 260 g/mol. The number of aryl methyl sites for hydroxylation is 1. The molecule has 0 aromatic heterocycles. The number of halogens is 1. The molecule has 2 aromatic carbocycles. The highest BCUT2D eigenvalue weighted by atomic mass is 19.1. The van der Waals surface area contributed by atoms with Crippen molar-refractivity contribution in [3.8, 4) is 0 Å². The summed E-state index contributed by atoms with van der Waals surface area (Å²) >= 11 is 0. The van der Waals surface area contributed by atoms with Gasteiger partial charge in [-0.1, -0.05) is 18.2 Å². The molecule has 1 N–H and O–H groups in total. The molecule has 4 nitrogen and oxygen atoms in total. The molecule has 0 aliphatic carbocycles. The molecular weight excluding hydrogens is 247 g/mol. The van der Waals surface area contributed by atoms with Crippen LogP contribution < -0.4 is 5.32 Å². The number of hydrogen-bond acceptors (Lipinski definition) is 3. The summed E-state index contributed by atoms with van der Waals surface area (Å²) in [5.74, 6) is -0.301. The van der Waals surface area contributed by atoms with Crippen molar-refractivity contribution >= 4 is 11.4 Å². The lowest BCUT2D eigenvalue weighted by molar-refractivity contribution is -0.384. The second-order valence-corrected chi connectivity index (χ2v) is 4.26. The van der Waals surface area contributed by atoms with Crippen molar-refractivity contribution in [1.82, 2.24) is 0 Å².